The number of amides is 1. The van der Waals surface area contributed by atoms with Gasteiger partial charge in [0.1, 0.15) is 11.3 Å². The Balaban J connectivity index is 2.72. The van der Waals surface area contributed by atoms with Gasteiger partial charge < -0.3 is 15.5 Å². The molecule has 0 aliphatic carbocycles. The van der Waals surface area contributed by atoms with E-state index in [1.807, 2.05) is 5.32 Å². The lowest BCUT2D eigenvalue weighted by atomic mass is 10.1. The second-order valence-electron chi connectivity index (χ2n) is 3.93. The number of nitrogens with one attached hydrogen (secondary N) is 1. The summed E-state index contributed by atoms with van der Waals surface area (Å²) in [4.78, 5) is 22.2. The number of aliphatic hydroxyl groups is 1. The zero-order chi connectivity index (χ0) is 13.1. The molecule has 0 bridgehead atoms. The molecule has 1 saturated heterocycles. The van der Waals surface area contributed by atoms with Gasteiger partial charge in [-0.3, -0.25) is 4.79 Å². The van der Waals surface area contributed by atoms with Gasteiger partial charge in [-0.15, -0.1) is 0 Å². The number of hydrogen-bond donors (Lipinski definition) is 3. The van der Waals surface area contributed by atoms with Crippen LogP contribution >= 0.6 is 0 Å². The largest absolute Gasteiger partial charge is 0.480 e. The minimum atomic E-state index is -3.49. The Bertz CT molecular complexity index is 404. The van der Waals surface area contributed by atoms with Crippen molar-refractivity contribution < 1.29 is 28.2 Å². The summed E-state index contributed by atoms with van der Waals surface area (Å²) in [6.07, 6.45) is 1.34. The molecule has 1 fully saturated rings. The monoisotopic (exact) mass is 265 g/mol. The van der Waals surface area contributed by atoms with Crippen LogP contribution in [-0.4, -0.2) is 54.2 Å². The summed E-state index contributed by atoms with van der Waals surface area (Å²) in [5.74, 6) is -2.29. The van der Waals surface area contributed by atoms with Gasteiger partial charge in [0.05, 0.1) is 12.4 Å². The number of carbonyl (C=O) groups excluding carboxylic acids is 1. The van der Waals surface area contributed by atoms with Crippen LogP contribution in [0.5, 0.6) is 0 Å². The van der Waals surface area contributed by atoms with Crippen LogP contribution in [0.15, 0.2) is 0 Å². The molecule has 1 aliphatic heterocycles. The highest BCUT2D eigenvalue weighted by atomic mass is 32.2. The van der Waals surface area contributed by atoms with Gasteiger partial charge in [0.25, 0.3) is 0 Å². The fourth-order valence-electron chi connectivity index (χ4n) is 1.70. The maximum atomic E-state index is 11.6. The molecule has 0 aromatic carbocycles. The number of aliphatic carboxylic acids is 1. The molecule has 8 heteroatoms. The Morgan fingerprint density at radius 2 is 2.00 bits per heavy atom. The molecule has 1 unspecified atom stereocenters. The molecular weight excluding hydrogens is 250 g/mol. The maximum Gasteiger partial charge on any atom is 0.328 e. The summed E-state index contributed by atoms with van der Waals surface area (Å²) in [6, 6.07) is -1.46. The smallest absolute Gasteiger partial charge is 0.328 e. The van der Waals surface area contributed by atoms with E-state index >= 15 is 0 Å². The van der Waals surface area contributed by atoms with Gasteiger partial charge in [-0.05, 0) is 12.8 Å². The highest BCUT2D eigenvalue weighted by molar-refractivity contribution is 7.92. The molecule has 0 saturated carbocycles. The predicted octanol–water partition coefficient (Wildman–Crippen LogP) is -1.48. The number of carboxylic acid groups (broad SMARTS) is 1. The average Bonchev–Trinajstić information content (AvgIpc) is 2.24. The van der Waals surface area contributed by atoms with Gasteiger partial charge >= 0.3 is 5.97 Å². The third-order valence-corrected chi connectivity index (χ3v) is 4.84. The van der Waals surface area contributed by atoms with Crippen molar-refractivity contribution in [3.05, 3.63) is 0 Å². The van der Waals surface area contributed by atoms with E-state index in [2.05, 4.69) is 0 Å². The summed E-state index contributed by atoms with van der Waals surface area (Å²) in [7, 11) is -3.49. The van der Waals surface area contributed by atoms with Gasteiger partial charge in [-0.25, -0.2) is 13.2 Å². The van der Waals surface area contributed by atoms with Crippen molar-refractivity contribution in [2.45, 2.75) is 30.6 Å². The van der Waals surface area contributed by atoms with Crippen LogP contribution in [0.3, 0.4) is 0 Å². The average molecular weight is 265 g/mol. The Morgan fingerprint density at radius 3 is 2.47 bits per heavy atom. The minimum absolute atomic E-state index is 0.0536. The van der Waals surface area contributed by atoms with Crippen molar-refractivity contribution in [2.24, 2.45) is 0 Å². The molecule has 98 valence electrons. The first kappa shape index (κ1) is 13.9. The number of carboxylic acids is 1. The van der Waals surface area contributed by atoms with Crippen LogP contribution < -0.4 is 5.32 Å². The third kappa shape index (κ3) is 3.40. The number of rotatable bonds is 4. The van der Waals surface area contributed by atoms with Crippen molar-refractivity contribution in [2.75, 3.05) is 12.4 Å². The number of sulfone groups is 1. The van der Waals surface area contributed by atoms with Gasteiger partial charge in [-0.2, -0.15) is 0 Å². The van der Waals surface area contributed by atoms with Gasteiger partial charge in [0.15, 0.2) is 9.84 Å². The molecular formula is C9H15NO6S. The highest BCUT2D eigenvalue weighted by Crippen LogP contribution is 2.19. The van der Waals surface area contributed by atoms with E-state index in [1.54, 1.807) is 0 Å². The lowest BCUT2D eigenvalue weighted by Crippen LogP contribution is -2.50. The van der Waals surface area contributed by atoms with E-state index in [9.17, 15) is 18.0 Å². The van der Waals surface area contributed by atoms with Crippen LogP contribution in [0.25, 0.3) is 0 Å². The lowest BCUT2D eigenvalue weighted by Gasteiger charge is -2.22. The van der Waals surface area contributed by atoms with Gasteiger partial charge in [0.2, 0.25) is 5.91 Å². The summed E-state index contributed by atoms with van der Waals surface area (Å²) in [6.45, 7) is -0.770. The molecule has 7 nitrogen and oxygen atoms in total. The normalized spacial score (nSPS) is 24.9. The Hall–Kier alpha value is -1.15. The van der Waals surface area contributed by atoms with E-state index in [0.717, 1.165) is 0 Å². The quantitative estimate of drug-likeness (QED) is 0.570. The molecule has 0 spiro atoms. The fourth-order valence-corrected chi connectivity index (χ4v) is 3.51. The Kier molecular flexibility index (Phi) is 4.47. The van der Waals surface area contributed by atoms with Crippen LogP contribution in [0.1, 0.15) is 19.3 Å². The standard InChI is InChI=1S/C9H15NO6S/c11-5-6(9(13)14)10-8(12)7-3-1-2-4-17(7,15)16/h6-7,11H,1-5H2,(H,10,12)(H,13,14)/t6-,7?/m0/s1. The summed E-state index contributed by atoms with van der Waals surface area (Å²) in [5, 5.41) is 18.2. The van der Waals surface area contributed by atoms with E-state index in [0.29, 0.717) is 12.8 Å². The molecule has 2 atom stereocenters. The maximum absolute atomic E-state index is 11.6. The fraction of sp³-hybridized carbons (Fsp3) is 0.778. The van der Waals surface area contributed by atoms with Crippen LogP contribution in [-0.2, 0) is 19.4 Å². The number of aliphatic hydroxyl groups excluding tert-OH is 1. The zero-order valence-electron chi connectivity index (χ0n) is 9.13. The van der Waals surface area contributed by atoms with Gasteiger partial charge in [-0.1, -0.05) is 6.42 Å². The molecule has 1 aliphatic rings. The van der Waals surface area contributed by atoms with Crippen molar-refractivity contribution in [3.63, 3.8) is 0 Å². The van der Waals surface area contributed by atoms with E-state index in [4.69, 9.17) is 10.2 Å². The van der Waals surface area contributed by atoms with Crippen molar-refractivity contribution in [1.82, 2.24) is 5.32 Å². The molecule has 1 amide bonds. The van der Waals surface area contributed by atoms with Crippen molar-refractivity contribution >= 4 is 21.7 Å². The SMILES string of the molecule is O=C(N[C@@H](CO)C(=O)O)C1CCCCS1(=O)=O. The highest BCUT2D eigenvalue weighted by Gasteiger charge is 2.36. The Labute approximate surface area is 98.7 Å². The number of hydrogen-bond acceptors (Lipinski definition) is 5. The van der Waals surface area contributed by atoms with Crippen molar-refractivity contribution in [1.29, 1.82) is 0 Å². The summed E-state index contributed by atoms with van der Waals surface area (Å²) >= 11 is 0. The molecule has 0 aromatic heterocycles. The molecule has 0 aromatic rings. The molecule has 3 N–H and O–H groups in total. The first-order valence-corrected chi connectivity index (χ1v) is 6.95. The number of carbonyl (C=O) groups is 2. The second-order valence-corrected chi connectivity index (χ2v) is 6.24. The second kappa shape index (κ2) is 5.46. The first-order chi connectivity index (χ1) is 7.88. The van der Waals surface area contributed by atoms with Crippen molar-refractivity contribution in [3.8, 4) is 0 Å². The third-order valence-electron chi connectivity index (χ3n) is 2.67. The van der Waals surface area contributed by atoms with Crippen LogP contribution in [0.4, 0.5) is 0 Å². The van der Waals surface area contributed by atoms with E-state index in [-0.39, 0.29) is 12.2 Å². The predicted molar refractivity (Wildman–Crippen MR) is 58.1 cm³/mol. The Morgan fingerprint density at radius 1 is 1.35 bits per heavy atom. The summed E-state index contributed by atoms with van der Waals surface area (Å²) in [5.41, 5.74) is 0. The molecule has 1 rings (SSSR count). The van der Waals surface area contributed by atoms with Crippen LogP contribution in [0.2, 0.25) is 0 Å². The first-order valence-electron chi connectivity index (χ1n) is 5.24. The van der Waals surface area contributed by atoms with Gasteiger partial charge in [0, 0.05) is 0 Å². The summed E-state index contributed by atoms with van der Waals surface area (Å²) < 4.78 is 23.2. The van der Waals surface area contributed by atoms with E-state index in [1.165, 1.54) is 0 Å². The molecule has 17 heavy (non-hydrogen) atoms. The molecule has 1 heterocycles. The minimum Gasteiger partial charge on any atom is -0.480 e. The lowest BCUT2D eigenvalue weighted by molar-refractivity contribution is -0.142. The molecule has 0 radical (unpaired) electrons. The zero-order valence-corrected chi connectivity index (χ0v) is 9.94. The van der Waals surface area contributed by atoms with E-state index < -0.39 is 39.6 Å². The topological polar surface area (TPSA) is 121 Å². The van der Waals surface area contributed by atoms with Crippen LogP contribution in [0, 0.1) is 0 Å².